The van der Waals surface area contributed by atoms with Crippen molar-refractivity contribution in [1.82, 2.24) is 0 Å². The first-order valence-corrected chi connectivity index (χ1v) is 10.2. The summed E-state index contributed by atoms with van der Waals surface area (Å²) in [6, 6.07) is 13.1. The number of nitrogens with one attached hydrogen (secondary N) is 1. The summed E-state index contributed by atoms with van der Waals surface area (Å²) in [6.45, 7) is -0.370. The van der Waals surface area contributed by atoms with Gasteiger partial charge in [0.1, 0.15) is 5.75 Å². The molecule has 1 N–H and O–H groups in total. The molecule has 0 atom stereocenters. The highest BCUT2D eigenvalue weighted by Crippen LogP contribution is 2.36. The van der Waals surface area contributed by atoms with Crippen LogP contribution < -0.4 is 10.1 Å². The molecule has 0 heterocycles. The van der Waals surface area contributed by atoms with Gasteiger partial charge in [0.05, 0.1) is 31.2 Å². The first-order chi connectivity index (χ1) is 15.3. The van der Waals surface area contributed by atoms with Crippen molar-refractivity contribution in [3.63, 3.8) is 0 Å². The Hall–Kier alpha value is -3.29. The number of anilines is 1. The van der Waals surface area contributed by atoms with Crippen LogP contribution in [0.2, 0.25) is 10.0 Å². The Bertz CT molecular complexity index is 1190. The van der Waals surface area contributed by atoms with Crippen molar-refractivity contribution >= 4 is 57.5 Å². The van der Waals surface area contributed by atoms with Gasteiger partial charge in [0.2, 0.25) is 0 Å². The van der Waals surface area contributed by atoms with Gasteiger partial charge in [-0.05, 0) is 41.3 Å². The summed E-state index contributed by atoms with van der Waals surface area (Å²) in [4.78, 5) is 36.2. The second-order valence-electron chi connectivity index (χ2n) is 6.70. The Kier molecular flexibility index (Phi) is 7.56. The molecular formula is C23H19Cl2NO6. The van der Waals surface area contributed by atoms with E-state index in [1.807, 2.05) is 0 Å². The van der Waals surface area contributed by atoms with Crippen molar-refractivity contribution in [3.05, 3.63) is 69.7 Å². The van der Waals surface area contributed by atoms with Gasteiger partial charge in [0.15, 0.2) is 6.61 Å². The van der Waals surface area contributed by atoms with E-state index in [1.54, 1.807) is 42.5 Å². The minimum atomic E-state index is -0.575. The standard InChI is InChI=1S/C23H19Cl2NO6/c1-30-21(28)10-13-5-3-4-6-18(13)26-20(27)12-32-19-9-15(23(29)31-2)7-14-8-16(24)11-17(25)22(14)19/h3-9,11H,10,12H2,1-2H3,(H,26,27). The summed E-state index contributed by atoms with van der Waals surface area (Å²) in [6.07, 6.45) is 0.00991. The minimum absolute atomic E-state index is 0.00991. The predicted molar refractivity (Wildman–Crippen MR) is 122 cm³/mol. The van der Waals surface area contributed by atoms with Crippen molar-refractivity contribution in [2.45, 2.75) is 6.42 Å². The number of esters is 2. The van der Waals surface area contributed by atoms with E-state index in [4.69, 9.17) is 32.7 Å². The van der Waals surface area contributed by atoms with Crippen LogP contribution in [-0.4, -0.2) is 38.7 Å². The Morgan fingerprint density at radius 1 is 0.969 bits per heavy atom. The van der Waals surface area contributed by atoms with Crippen LogP contribution in [0.4, 0.5) is 5.69 Å². The monoisotopic (exact) mass is 475 g/mol. The maximum Gasteiger partial charge on any atom is 0.338 e. The highest BCUT2D eigenvalue weighted by atomic mass is 35.5. The minimum Gasteiger partial charge on any atom is -0.483 e. The van der Waals surface area contributed by atoms with Crippen LogP contribution in [0.5, 0.6) is 5.75 Å². The lowest BCUT2D eigenvalue weighted by atomic mass is 10.1. The molecule has 32 heavy (non-hydrogen) atoms. The number of carbonyl (C=O) groups is 3. The van der Waals surface area contributed by atoms with Crippen LogP contribution in [0, 0.1) is 0 Å². The van der Waals surface area contributed by atoms with E-state index >= 15 is 0 Å². The van der Waals surface area contributed by atoms with E-state index in [2.05, 4.69) is 10.1 Å². The molecule has 0 saturated carbocycles. The Morgan fingerprint density at radius 2 is 1.72 bits per heavy atom. The lowest BCUT2D eigenvalue weighted by Crippen LogP contribution is -2.21. The number of rotatable bonds is 7. The van der Waals surface area contributed by atoms with Crippen molar-refractivity contribution in [3.8, 4) is 5.75 Å². The maximum absolute atomic E-state index is 12.5. The number of methoxy groups -OCH3 is 2. The number of carbonyl (C=O) groups excluding carboxylic acids is 3. The molecule has 0 spiro atoms. The smallest absolute Gasteiger partial charge is 0.338 e. The number of benzene rings is 3. The van der Waals surface area contributed by atoms with E-state index in [0.29, 0.717) is 32.1 Å². The molecule has 0 unspecified atom stereocenters. The number of hydrogen-bond donors (Lipinski definition) is 1. The van der Waals surface area contributed by atoms with Gasteiger partial charge in [0, 0.05) is 16.1 Å². The summed E-state index contributed by atoms with van der Waals surface area (Å²) in [5, 5.41) is 4.47. The quantitative estimate of drug-likeness (QED) is 0.499. The molecule has 0 aliphatic heterocycles. The fourth-order valence-electron chi connectivity index (χ4n) is 3.09. The Balaban J connectivity index is 1.84. The third-order valence-electron chi connectivity index (χ3n) is 4.56. The number of para-hydroxylation sites is 1. The molecule has 0 aliphatic carbocycles. The predicted octanol–water partition coefficient (Wildman–Crippen LogP) is 4.67. The summed E-state index contributed by atoms with van der Waals surface area (Å²) in [5.74, 6) is -1.25. The number of halogens is 2. The van der Waals surface area contributed by atoms with E-state index < -0.39 is 17.8 Å². The Morgan fingerprint density at radius 3 is 2.44 bits per heavy atom. The molecule has 3 aromatic carbocycles. The van der Waals surface area contributed by atoms with Crippen molar-refractivity contribution < 1.29 is 28.6 Å². The average Bonchev–Trinajstić information content (AvgIpc) is 2.77. The van der Waals surface area contributed by atoms with E-state index in [9.17, 15) is 14.4 Å². The van der Waals surface area contributed by atoms with E-state index in [-0.39, 0.29) is 24.3 Å². The fraction of sp³-hybridized carbons (Fsp3) is 0.174. The van der Waals surface area contributed by atoms with Crippen LogP contribution in [0.15, 0.2) is 48.5 Å². The molecule has 0 aliphatic rings. The van der Waals surface area contributed by atoms with Crippen LogP contribution in [0.25, 0.3) is 10.8 Å². The van der Waals surface area contributed by atoms with Gasteiger partial charge in [0.25, 0.3) is 5.91 Å². The van der Waals surface area contributed by atoms with Crippen molar-refractivity contribution in [2.24, 2.45) is 0 Å². The first-order valence-electron chi connectivity index (χ1n) is 9.41. The van der Waals surface area contributed by atoms with Gasteiger partial charge < -0.3 is 19.5 Å². The molecule has 0 aromatic heterocycles. The lowest BCUT2D eigenvalue weighted by molar-refractivity contribution is -0.139. The molecule has 0 fully saturated rings. The number of amides is 1. The molecule has 1 amide bonds. The second kappa shape index (κ2) is 10.3. The summed E-state index contributed by atoms with van der Waals surface area (Å²) in [7, 11) is 2.56. The molecule has 0 bridgehead atoms. The zero-order valence-electron chi connectivity index (χ0n) is 17.2. The van der Waals surface area contributed by atoms with Gasteiger partial charge in [-0.15, -0.1) is 0 Å². The van der Waals surface area contributed by atoms with Gasteiger partial charge in [-0.3, -0.25) is 9.59 Å². The largest absolute Gasteiger partial charge is 0.483 e. The fourth-order valence-corrected chi connectivity index (χ4v) is 3.70. The molecule has 9 heteroatoms. The van der Waals surface area contributed by atoms with Crippen LogP contribution >= 0.6 is 23.2 Å². The van der Waals surface area contributed by atoms with Gasteiger partial charge in [-0.2, -0.15) is 0 Å². The normalized spacial score (nSPS) is 10.5. The second-order valence-corrected chi connectivity index (χ2v) is 7.54. The summed E-state index contributed by atoms with van der Waals surface area (Å²) in [5.41, 5.74) is 1.28. The maximum atomic E-state index is 12.5. The van der Waals surface area contributed by atoms with Gasteiger partial charge >= 0.3 is 11.9 Å². The Labute approximate surface area is 194 Å². The SMILES string of the molecule is COC(=O)Cc1ccccc1NC(=O)COc1cc(C(=O)OC)cc2cc(Cl)cc(Cl)c12. The van der Waals surface area contributed by atoms with Gasteiger partial charge in [-0.1, -0.05) is 41.4 Å². The third kappa shape index (κ3) is 5.49. The molecule has 7 nitrogen and oxygen atoms in total. The summed E-state index contributed by atoms with van der Waals surface area (Å²) >= 11 is 12.4. The lowest BCUT2D eigenvalue weighted by Gasteiger charge is -2.14. The molecule has 0 radical (unpaired) electrons. The third-order valence-corrected chi connectivity index (χ3v) is 5.08. The molecule has 0 saturated heterocycles. The molecule has 3 aromatic rings. The highest BCUT2D eigenvalue weighted by molar-refractivity contribution is 6.39. The zero-order chi connectivity index (χ0) is 23.3. The highest BCUT2D eigenvalue weighted by Gasteiger charge is 2.16. The number of hydrogen-bond acceptors (Lipinski definition) is 6. The van der Waals surface area contributed by atoms with E-state index in [1.165, 1.54) is 20.3 Å². The van der Waals surface area contributed by atoms with Crippen molar-refractivity contribution in [2.75, 3.05) is 26.1 Å². The number of fused-ring (bicyclic) bond motifs is 1. The van der Waals surface area contributed by atoms with Crippen LogP contribution in [0.3, 0.4) is 0 Å². The van der Waals surface area contributed by atoms with Gasteiger partial charge in [-0.25, -0.2) is 4.79 Å². The topological polar surface area (TPSA) is 90.9 Å². The zero-order valence-corrected chi connectivity index (χ0v) is 18.8. The van der Waals surface area contributed by atoms with E-state index in [0.717, 1.165) is 0 Å². The molecule has 166 valence electrons. The summed E-state index contributed by atoms with van der Waals surface area (Å²) < 4.78 is 15.2. The molecular weight excluding hydrogens is 457 g/mol. The van der Waals surface area contributed by atoms with Crippen LogP contribution in [0.1, 0.15) is 15.9 Å². The van der Waals surface area contributed by atoms with Crippen LogP contribution in [-0.2, 0) is 25.5 Å². The number of ether oxygens (including phenoxy) is 3. The first kappa shape index (κ1) is 23.4. The van der Waals surface area contributed by atoms with Crippen molar-refractivity contribution in [1.29, 1.82) is 0 Å². The molecule has 3 rings (SSSR count). The average molecular weight is 476 g/mol.